The van der Waals surface area contributed by atoms with Crippen molar-refractivity contribution in [1.82, 2.24) is 24.8 Å². The number of halogens is 1. The molecule has 2 fully saturated rings. The number of H-pyrrole nitrogens is 1. The lowest BCUT2D eigenvalue weighted by molar-refractivity contribution is 0.0579. The summed E-state index contributed by atoms with van der Waals surface area (Å²) in [6, 6.07) is 17.9. The number of benzene rings is 2. The van der Waals surface area contributed by atoms with Crippen molar-refractivity contribution >= 4 is 39.8 Å². The number of ether oxygens (including phenoxy) is 1. The Labute approximate surface area is 272 Å². The minimum atomic E-state index is 0.290. The lowest BCUT2D eigenvalue weighted by Crippen LogP contribution is -2.47. The highest BCUT2D eigenvalue weighted by Gasteiger charge is 2.23. The van der Waals surface area contributed by atoms with E-state index in [2.05, 4.69) is 111 Å². The smallest absolute Gasteiger partial charge is 0.159 e. The Morgan fingerprint density at radius 3 is 2.33 bits per heavy atom. The van der Waals surface area contributed by atoms with Crippen LogP contribution in [0.3, 0.4) is 0 Å². The molecule has 240 valence electrons. The normalized spacial score (nSPS) is 17.0. The number of nitrogens with zero attached hydrogens (tertiary/aromatic N) is 6. The van der Waals surface area contributed by atoms with Crippen LogP contribution in [0, 0.1) is 0 Å². The molecule has 4 heterocycles. The van der Waals surface area contributed by atoms with Gasteiger partial charge in [-0.05, 0) is 68.7 Å². The molecule has 0 spiro atoms. The van der Waals surface area contributed by atoms with Gasteiger partial charge in [0.25, 0.3) is 0 Å². The van der Waals surface area contributed by atoms with E-state index < -0.39 is 0 Å². The molecular weight excluding hydrogens is 584 g/mol. The van der Waals surface area contributed by atoms with Crippen LogP contribution in [-0.2, 0) is 11.3 Å². The number of piperazine rings is 1. The van der Waals surface area contributed by atoms with Crippen molar-refractivity contribution in [3.8, 4) is 11.4 Å². The fourth-order valence-corrected chi connectivity index (χ4v) is 6.47. The predicted molar refractivity (Wildman–Crippen MR) is 187 cm³/mol. The summed E-state index contributed by atoms with van der Waals surface area (Å²) in [7, 11) is 4.15. The third-order valence-corrected chi connectivity index (χ3v) is 9.29. The molecule has 45 heavy (non-hydrogen) atoms. The Morgan fingerprint density at radius 2 is 1.67 bits per heavy atom. The maximum Gasteiger partial charge on any atom is 0.159 e. The molecule has 9 nitrogen and oxygen atoms in total. The summed E-state index contributed by atoms with van der Waals surface area (Å²) in [5, 5.41) is 4.34. The molecule has 10 heteroatoms. The number of imidazole rings is 1. The first kappa shape index (κ1) is 31.6. The van der Waals surface area contributed by atoms with Crippen molar-refractivity contribution < 1.29 is 4.74 Å². The van der Waals surface area contributed by atoms with Crippen LogP contribution in [0.2, 0.25) is 5.02 Å². The first-order valence-electron chi connectivity index (χ1n) is 16.3. The molecule has 2 aromatic carbocycles. The maximum absolute atomic E-state index is 6.70. The summed E-state index contributed by atoms with van der Waals surface area (Å²) >= 11 is 6.70. The van der Waals surface area contributed by atoms with Crippen molar-refractivity contribution in [3.63, 3.8) is 0 Å². The van der Waals surface area contributed by atoms with Crippen LogP contribution in [0.1, 0.15) is 32.3 Å². The van der Waals surface area contributed by atoms with Crippen LogP contribution in [0.5, 0.6) is 0 Å². The van der Waals surface area contributed by atoms with E-state index in [1.165, 1.54) is 16.9 Å². The van der Waals surface area contributed by atoms with Gasteiger partial charge in [-0.2, -0.15) is 0 Å². The van der Waals surface area contributed by atoms with Gasteiger partial charge in [-0.1, -0.05) is 23.7 Å². The van der Waals surface area contributed by atoms with Crippen LogP contribution in [0.25, 0.3) is 22.6 Å². The first-order valence-corrected chi connectivity index (χ1v) is 16.7. The molecule has 0 unspecified atom stereocenters. The second-order valence-corrected chi connectivity index (χ2v) is 13.2. The molecule has 0 atom stereocenters. The van der Waals surface area contributed by atoms with Crippen LogP contribution in [0.4, 0.5) is 17.1 Å². The summed E-state index contributed by atoms with van der Waals surface area (Å²) in [4.78, 5) is 22.6. The maximum atomic E-state index is 6.70. The van der Waals surface area contributed by atoms with Gasteiger partial charge in [0, 0.05) is 89.4 Å². The fraction of sp³-hybridized carbons (Fsp3) is 0.486. The Hall–Kier alpha value is -3.37. The number of aromatic nitrogens is 3. The number of hydrogen-bond acceptors (Lipinski definition) is 8. The summed E-state index contributed by atoms with van der Waals surface area (Å²) < 4.78 is 5.73. The molecule has 2 aliphatic heterocycles. The summed E-state index contributed by atoms with van der Waals surface area (Å²) in [6.45, 7) is 13.2. The van der Waals surface area contributed by atoms with Crippen LogP contribution >= 0.6 is 11.6 Å². The van der Waals surface area contributed by atoms with Gasteiger partial charge in [-0.3, -0.25) is 9.80 Å². The summed E-state index contributed by atoms with van der Waals surface area (Å²) in [6.07, 6.45) is 4.11. The molecule has 2 aliphatic rings. The summed E-state index contributed by atoms with van der Waals surface area (Å²) in [5.74, 6) is 0.805. The number of likely N-dealkylation sites (tertiary alicyclic amines) is 1. The Kier molecular flexibility index (Phi) is 10.1. The molecule has 0 radical (unpaired) electrons. The van der Waals surface area contributed by atoms with E-state index in [9.17, 15) is 0 Å². The lowest BCUT2D eigenvalue weighted by Gasteiger charge is -2.36. The quantitative estimate of drug-likeness (QED) is 0.210. The number of anilines is 3. The lowest BCUT2D eigenvalue weighted by atomic mass is 10.0. The van der Waals surface area contributed by atoms with E-state index in [0.29, 0.717) is 17.2 Å². The van der Waals surface area contributed by atoms with Crippen LogP contribution in [0.15, 0.2) is 54.7 Å². The van der Waals surface area contributed by atoms with Crippen molar-refractivity contribution in [2.24, 2.45) is 0 Å². The minimum absolute atomic E-state index is 0.290. The van der Waals surface area contributed by atoms with E-state index in [4.69, 9.17) is 21.3 Å². The molecule has 0 amide bonds. The molecule has 6 rings (SSSR count). The average molecular weight is 631 g/mol. The third kappa shape index (κ3) is 7.90. The second-order valence-electron chi connectivity index (χ2n) is 12.8. The zero-order valence-electron chi connectivity index (χ0n) is 27.1. The largest absolute Gasteiger partial charge is 0.379 e. The predicted octanol–water partition coefficient (Wildman–Crippen LogP) is 5.97. The van der Waals surface area contributed by atoms with E-state index in [0.717, 1.165) is 100 Å². The number of piperidine rings is 1. The number of aromatic amines is 1. The van der Waals surface area contributed by atoms with Gasteiger partial charge in [0.1, 0.15) is 11.3 Å². The van der Waals surface area contributed by atoms with E-state index >= 15 is 0 Å². The molecule has 0 saturated carbocycles. The monoisotopic (exact) mass is 630 g/mol. The SMILES string of the molecule is CC(C)OCCN1CCN(c2ccc(-c3nc4c(NC5CCN(Cc6ccc(N(C)C)cc6)CC5)c(Cl)cnc4[nH]3)cc2)CC1. The van der Waals surface area contributed by atoms with Crippen molar-refractivity contribution in [3.05, 3.63) is 65.3 Å². The van der Waals surface area contributed by atoms with E-state index in [-0.39, 0.29) is 0 Å². The van der Waals surface area contributed by atoms with E-state index in [1.54, 1.807) is 6.20 Å². The molecule has 2 N–H and O–H groups in total. The highest BCUT2D eigenvalue weighted by molar-refractivity contribution is 6.34. The Balaban J connectivity index is 1.05. The third-order valence-electron chi connectivity index (χ3n) is 9.00. The highest BCUT2D eigenvalue weighted by Crippen LogP contribution is 2.33. The van der Waals surface area contributed by atoms with Gasteiger partial charge >= 0.3 is 0 Å². The molecule has 0 bridgehead atoms. The number of rotatable bonds is 11. The molecule has 4 aromatic rings. The number of fused-ring (bicyclic) bond motifs is 1. The molecule has 2 saturated heterocycles. The fourth-order valence-electron chi connectivity index (χ4n) is 6.28. The zero-order valence-corrected chi connectivity index (χ0v) is 27.9. The van der Waals surface area contributed by atoms with Crippen molar-refractivity contribution in [2.45, 2.75) is 45.4 Å². The van der Waals surface area contributed by atoms with Gasteiger partial charge < -0.3 is 24.8 Å². The van der Waals surface area contributed by atoms with E-state index in [1.807, 2.05) is 0 Å². The van der Waals surface area contributed by atoms with Gasteiger partial charge in [0.05, 0.1) is 29.6 Å². The minimum Gasteiger partial charge on any atom is -0.379 e. The standard InChI is InChI=1S/C35H47ClN8O/c1-25(2)45-22-21-42-17-19-44(20-18-42)30-11-7-27(8-12-30)34-39-33-32(31(36)23-37-35(33)40-34)38-28-13-15-43(16-14-28)24-26-5-9-29(10-6-26)41(3)4/h5-12,23,25,28H,13-22,24H2,1-4H3,(H2,37,38,39,40). The van der Waals surface area contributed by atoms with Gasteiger partial charge in [-0.15, -0.1) is 0 Å². The van der Waals surface area contributed by atoms with Crippen LogP contribution in [-0.4, -0.2) is 103 Å². The van der Waals surface area contributed by atoms with Crippen molar-refractivity contribution in [1.29, 1.82) is 0 Å². The average Bonchev–Trinajstić information content (AvgIpc) is 3.49. The number of hydrogen-bond donors (Lipinski definition) is 2. The molecule has 2 aromatic heterocycles. The Morgan fingerprint density at radius 1 is 0.956 bits per heavy atom. The van der Waals surface area contributed by atoms with Gasteiger partial charge in [0.15, 0.2) is 5.65 Å². The molecule has 0 aliphatic carbocycles. The number of nitrogens with one attached hydrogen (secondary N) is 2. The van der Waals surface area contributed by atoms with Gasteiger partial charge in [-0.25, -0.2) is 9.97 Å². The first-order chi connectivity index (χ1) is 21.8. The van der Waals surface area contributed by atoms with Crippen molar-refractivity contribution in [2.75, 3.05) is 81.6 Å². The Bertz CT molecular complexity index is 1520. The second kappa shape index (κ2) is 14.4. The highest BCUT2D eigenvalue weighted by atomic mass is 35.5. The zero-order chi connectivity index (χ0) is 31.3. The van der Waals surface area contributed by atoms with Crippen LogP contribution < -0.4 is 15.1 Å². The molecular formula is C35H47ClN8O. The summed E-state index contributed by atoms with van der Waals surface area (Å²) in [5.41, 5.74) is 7.28. The number of pyridine rings is 1. The topological polar surface area (TPSA) is 75.8 Å². The van der Waals surface area contributed by atoms with Gasteiger partial charge in [0.2, 0.25) is 0 Å².